The molecule has 1 aliphatic rings. The van der Waals surface area contributed by atoms with E-state index in [9.17, 15) is 14.4 Å². The summed E-state index contributed by atoms with van der Waals surface area (Å²) in [6.07, 6.45) is 4.81. The van der Waals surface area contributed by atoms with Crippen LogP contribution in [-0.4, -0.2) is 48.9 Å². The molecule has 2 aromatic carbocycles. The van der Waals surface area contributed by atoms with Gasteiger partial charge in [0.15, 0.2) is 0 Å². The third-order valence-corrected chi connectivity index (χ3v) is 6.62. The molecule has 3 rings (SSSR count). The molecule has 1 fully saturated rings. The van der Waals surface area contributed by atoms with Gasteiger partial charge in [-0.3, -0.25) is 9.59 Å². The highest BCUT2D eigenvalue weighted by Crippen LogP contribution is 2.22. The van der Waals surface area contributed by atoms with Gasteiger partial charge in [0, 0.05) is 32.4 Å². The first-order valence-corrected chi connectivity index (χ1v) is 12.9. The van der Waals surface area contributed by atoms with Crippen molar-refractivity contribution in [2.75, 3.05) is 20.2 Å². The second-order valence-corrected chi connectivity index (χ2v) is 9.40. The van der Waals surface area contributed by atoms with E-state index < -0.39 is 12.0 Å². The molecule has 1 saturated heterocycles. The quantitative estimate of drug-likeness (QED) is 0.445. The monoisotopic (exact) mass is 494 g/mol. The first kappa shape index (κ1) is 27.2. The number of ether oxygens (including phenoxy) is 2. The molecule has 1 aliphatic heterocycles. The molecular formula is C29H38N2O5. The number of rotatable bonds is 12. The molecule has 0 aromatic heterocycles. The predicted molar refractivity (Wildman–Crippen MR) is 138 cm³/mol. The van der Waals surface area contributed by atoms with Crippen molar-refractivity contribution in [1.29, 1.82) is 0 Å². The van der Waals surface area contributed by atoms with Gasteiger partial charge >= 0.3 is 5.97 Å². The number of hydrogen-bond donors (Lipinski definition) is 1. The number of nitrogens with zero attached hydrogens (tertiary/aromatic N) is 1. The van der Waals surface area contributed by atoms with Crippen LogP contribution >= 0.6 is 0 Å². The average Bonchev–Trinajstić information content (AvgIpc) is 2.91. The fraction of sp³-hybridized carbons (Fsp3) is 0.483. The van der Waals surface area contributed by atoms with Crippen LogP contribution in [0.4, 0.5) is 0 Å². The number of amides is 2. The zero-order chi connectivity index (χ0) is 25.8. The molecule has 0 radical (unpaired) electrons. The Balaban J connectivity index is 1.47. The van der Waals surface area contributed by atoms with Crippen LogP contribution in [-0.2, 0) is 32.1 Å². The van der Waals surface area contributed by atoms with Crippen LogP contribution in [0.3, 0.4) is 0 Å². The van der Waals surface area contributed by atoms with Gasteiger partial charge < -0.3 is 19.7 Å². The van der Waals surface area contributed by atoms with Crippen molar-refractivity contribution in [3.05, 3.63) is 65.7 Å². The lowest BCUT2D eigenvalue weighted by Gasteiger charge is -2.32. The number of carbonyl (C=O) groups is 3. The molecule has 0 saturated carbocycles. The Kier molecular flexibility index (Phi) is 10.8. The third kappa shape index (κ3) is 8.70. The molecule has 1 unspecified atom stereocenters. The van der Waals surface area contributed by atoms with E-state index >= 15 is 0 Å². The van der Waals surface area contributed by atoms with Crippen molar-refractivity contribution in [1.82, 2.24) is 10.2 Å². The number of likely N-dealkylation sites (tertiary alicyclic amines) is 1. The maximum atomic E-state index is 12.7. The van der Waals surface area contributed by atoms with E-state index in [0.717, 1.165) is 42.6 Å². The van der Waals surface area contributed by atoms with Crippen LogP contribution in [0.25, 0.3) is 0 Å². The summed E-state index contributed by atoms with van der Waals surface area (Å²) >= 11 is 0. The van der Waals surface area contributed by atoms with E-state index in [4.69, 9.17) is 9.47 Å². The largest absolute Gasteiger partial charge is 0.489 e. The van der Waals surface area contributed by atoms with Gasteiger partial charge in [-0.05, 0) is 48.4 Å². The van der Waals surface area contributed by atoms with Crippen LogP contribution in [0.15, 0.2) is 54.6 Å². The SMILES string of the molecule is CCCCC(=O)N1CCC(CC(=O)NC(Cc2ccc(OCc3ccccc3)cc2)C(=O)OC)CC1. The molecule has 1 heterocycles. The first-order valence-electron chi connectivity index (χ1n) is 12.9. The lowest BCUT2D eigenvalue weighted by atomic mass is 9.92. The van der Waals surface area contributed by atoms with E-state index in [2.05, 4.69) is 12.2 Å². The number of benzene rings is 2. The fourth-order valence-corrected chi connectivity index (χ4v) is 4.42. The molecule has 7 nitrogen and oxygen atoms in total. The van der Waals surface area contributed by atoms with Gasteiger partial charge in [0.25, 0.3) is 0 Å². The van der Waals surface area contributed by atoms with Crippen molar-refractivity contribution in [3.63, 3.8) is 0 Å². The maximum absolute atomic E-state index is 12.7. The zero-order valence-corrected chi connectivity index (χ0v) is 21.4. The lowest BCUT2D eigenvalue weighted by Crippen LogP contribution is -2.44. The number of hydrogen-bond acceptors (Lipinski definition) is 5. The van der Waals surface area contributed by atoms with Crippen molar-refractivity contribution in [3.8, 4) is 5.75 Å². The minimum Gasteiger partial charge on any atom is -0.489 e. The van der Waals surface area contributed by atoms with Crippen molar-refractivity contribution < 1.29 is 23.9 Å². The summed E-state index contributed by atoms with van der Waals surface area (Å²) in [6.45, 7) is 3.95. The lowest BCUT2D eigenvalue weighted by molar-refractivity contribution is -0.145. The Morgan fingerprint density at radius 1 is 1.00 bits per heavy atom. The summed E-state index contributed by atoms with van der Waals surface area (Å²) in [7, 11) is 1.33. The molecule has 194 valence electrons. The van der Waals surface area contributed by atoms with Gasteiger partial charge in [0.2, 0.25) is 11.8 Å². The van der Waals surface area contributed by atoms with E-state index in [1.807, 2.05) is 59.5 Å². The molecule has 1 N–H and O–H groups in total. The van der Waals surface area contributed by atoms with E-state index in [1.165, 1.54) is 7.11 Å². The smallest absolute Gasteiger partial charge is 0.328 e. The van der Waals surface area contributed by atoms with Gasteiger partial charge in [0.05, 0.1) is 7.11 Å². The van der Waals surface area contributed by atoms with Gasteiger partial charge in [0.1, 0.15) is 18.4 Å². The van der Waals surface area contributed by atoms with Crippen LogP contribution < -0.4 is 10.1 Å². The molecule has 0 bridgehead atoms. The highest BCUT2D eigenvalue weighted by atomic mass is 16.5. The molecule has 0 aliphatic carbocycles. The van der Waals surface area contributed by atoms with Gasteiger partial charge in [-0.1, -0.05) is 55.8 Å². The molecule has 1 atom stereocenters. The highest BCUT2D eigenvalue weighted by molar-refractivity contribution is 5.84. The number of methoxy groups -OCH3 is 1. The van der Waals surface area contributed by atoms with Crippen LogP contribution in [0.2, 0.25) is 0 Å². The molecule has 36 heavy (non-hydrogen) atoms. The number of piperidine rings is 1. The van der Waals surface area contributed by atoms with Crippen molar-refractivity contribution in [2.45, 2.75) is 64.5 Å². The van der Waals surface area contributed by atoms with E-state index in [-0.39, 0.29) is 17.7 Å². The molecule has 0 spiro atoms. The fourth-order valence-electron chi connectivity index (χ4n) is 4.42. The Labute approximate surface area is 214 Å². The summed E-state index contributed by atoms with van der Waals surface area (Å²) in [4.78, 5) is 39.2. The summed E-state index contributed by atoms with van der Waals surface area (Å²) < 4.78 is 10.8. The first-order chi connectivity index (χ1) is 17.5. The minimum absolute atomic E-state index is 0.163. The van der Waals surface area contributed by atoms with Gasteiger partial charge in [-0.15, -0.1) is 0 Å². The van der Waals surface area contributed by atoms with Crippen molar-refractivity contribution >= 4 is 17.8 Å². The van der Waals surface area contributed by atoms with E-state index in [1.54, 1.807) is 0 Å². The topological polar surface area (TPSA) is 84.9 Å². The Morgan fingerprint density at radius 2 is 1.69 bits per heavy atom. The average molecular weight is 495 g/mol. The minimum atomic E-state index is -0.755. The number of nitrogens with one attached hydrogen (secondary N) is 1. The number of unbranched alkanes of at least 4 members (excludes halogenated alkanes) is 1. The van der Waals surface area contributed by atoms with Crippen molar-refractivity contribution in [2.24, 2.45) is 5.92 Å². The molecular weight excluding hydrogens is 456 g/mol. The summed E-state index contributed by atoms with van der Waals surface area (Å²) in [6, 6.07) is 16.7. The normalized spacial score (nSPS) is 14.7. The highest BCUT2D eigenvalue weighted by Gasteiger charge is 2.27. The predicted octanol–water partition coefficient (Wildman–Crippen LogP) is 4.28. The second kappa shape index (κ2) is 14.3. The van der Waals surface area contributed by atoms with Crippen LogP contribution in [0.5, 0.6) is 5.75 Å². The van der Waals surface area contributed by atoms with E-state index in [0.29, 0.717) is 39.0 Å². The molecule has 2 amide bonds. The summed E-state index contributed by atoms with van der Waals surface area (Å²) in [5.41, 5.74) is 1.99. The summed E-state index contributed by atoms with van der Waals surface area (Å²) in [5.74, 6) is 0.524. The molecule has 2 aromatic rings. The van der Waals surface area contributed by atoms with Crippen LogP contribution in [0, 0.1) is 5.92 Å². The Hall–Kier alpha value is -3.35. The Morgan fingerprint density at radius 3 is 2.33 bits per heavy atom. The Bertz CT molecular complexity index is 969. The molecule has 7 heteroatoms. The third-order valence-electron chi connectivity index (χ3n) is 6.62. The van der Waals surface area contributed by atoms with Gasteiger partial charge in [-0.25, -0.2) is 4.79 Å². The zero-order valence-electron chi connectivity index (χ0n) is 21.4. The standard InChI is InChI=1S/C29H38N2O5/c1-3-4-10-28(33)31-17-15-23(16-18-31)20-27(32)30-26(29(34)35-2)19-22-11-13-25(14-12-22)36-21-24-8-6-5-7-9-24/h5-9,11-14,23,26H,3-4,10,15-21H2,1-2H3,(H,30,32). The number of esters is 1. The number of carbonyl (C=O) groups excluding carboxylic acids is 3. The van der Waals surface area contributed by atoms with Crippen LogP contribution in [0.1, 0.15) is 56.6 Å². The summed E-state index contributed by atoms with van der Waals surface area (Å²) in [5, 5.41) is 2.86. The maximum Gasteiger partial charge on any atom is 0.328 e. The second-order valence-electron chi connectivity index (χ2n) is 9.40. The van der Waals surface area contributed by atoms with Gasteiger partial charge in [-0.2, -0.15) is 0 Å².